The smallest absolute Gasteiger partial charge is 0.248 e. The number of hydrogen-bond acceptors (Lipinski definition) is 3. The number of primary amides is 1. The molecule has 0 bridgehead atoms. The number of amides is 1. The third kappa shape index (κ3) is 3.06. The second-order valence-corrected chi connectivity index (χ2v) is 5.55. The highest BCUT2D eigenvalue weighted by atomic mass is 16.1. The monoisotopic (exact) mass is 281 g/mol. The molecule has 0 saturated carbocycles. The van der Waals surface area contributed by atoms with Gasteiger partial charge in [-0.3, -0.25) is 9.69 Å². The molecular weight excluding hydrogens is 262 g/mol. The van der Waals surface area contributed by atoms with Crippen LogP contribution in [-0.4, -0.2) is 17.4 Å². The van der Waals surface area contributed by atoms with Crippen molar-refractivity contribution < 1.29 is 4.79 Å². The molecule has 0 saturated heterocycles. The van der Waals surface area contributed by atoms with Gasteiger partial charge in [-0.2, -0.15) is 0 Å². The molecule has 2 aromatic rings. The van der Waals surface area contributed by atoms with E-state index in [9.17, 15) is 4.79 Å². The van der Waals surface area contributed by atoms with Crippen molar-refractivity contribution >= 4 is 11.6 Å². The minimum Gasteiger partial charge on any atom is -0.399 e. The SMILES string of the molecule is NC(=O)c1ccc(CN2CCc3ccc(N)cc3C2)cc1. The Labute approximate surface area is 124 Å². The van der Waals surface area contributed by atoms with Gasteiger partial charge in [0.15, 0.2) is 0 Å². The van der Waals surface area contributed by atoms with E-state index in [2.05, 4.69) is 17.0 Å². The number of carbonyl (C=O) groups is 1. The van der Waals surface area contributed by atoms with Crippen molar-refractivity contribution in [2.45, 2.75) is 19.5 Å². The summed E-state index contributed by atoms with van der Waals surface area (Å²) in [6.07, 6.45) is 1.05. The highest BCUT2D eigenvalue weighted by Gasteiger charge is 2.16. The van der Waals surface area contributed by atoms with Crippen molar-refractivity contribution in [1.82, 2.24) is 4.90 Å². The van der Waals surface area contributed by atoms with Crippen LogP contribution in [0.2, 0.25) is 0 Å². The zero-order valence-corrected chi connectivity index (χ0v) is 11.9. The summed E-state index contributed by atoms with van der Waals surface area (Å²) in [6.45, 7) is 2.82. The van der Waals surface area contributed by atoms with Crippen LogP contribution in [0.25, 0.3) is 0 Å². The number of nitrogens with two attached hydrogens (primary N) is 2. The molecule has 0 fully saturated rings. The molecule has 2 aromatic carbocycles. The number of hydrogen-bond donors (Lipinski definition) is 2. The van der Waals surface area contributed by atoms with E-state index in [-0.39, 0.29) is 5.91 Å². The molecule has 0 unspecified atom stereocenters. The van der Waals surface area contributed by atoms with E-state index in [1.54, 1.807) is 12.1 Å². The standard InChI is InChI=1S/C17H19N3O/c18-16-6-5-13-7-8-20(11-15(13)9-16)10-12-1-3-14(4-2-12)17(19)21/h1-6,9H,7-8,10-11,18H2,(H2,19,21). The molecule has 1 heterocycles. The molecule has 3 rings (SSSR count). The van der Waals surface area contributed by atoms with Crippen molar-refractivity contribution in [2.75, 3.05) is 12.3 Å². The Kier molecular flexibility index (Phi) is 3.62. The van der Waals surface area contributed by atoms with Crippen LogP contribution in [0.3, 0.4) is 0 Å². The van der Waals surface area contributed by atoms with Crippen LogP contribution in [0.4, 0.5) is 5.69 Å². The second kappa shape index (κ2) is 5.58. The maximum Gasteiger partial charge on any atom is 0.248 e. The lowest BCUT2D eigenvalue weighted by atomic mass is 9.98. The van der Waals surface area contributed by atoms with Crippen molar-refractivity contribution in [2.24, 2.45) is 5.73 Å². The summed E-state index contributed by atoms with van der Waals surface area (Å²) in [5, 5.41) is 0. The van der Waals surface area contributed by atoms with E-state index in [0.29, 0.717) is 5.56 Å². The molecule has 4 heteroatoms. The van der Waals surface area contributed by atoms with Gasteiger partial charge in [-0.25, -0.2) is 0 Å². The van der Waals surface area contributed by atoms with Crippen LogP contribution in [-0.2, 0) is 19.5 Å². The van der Waals surface area contributed by atoms with Crippen LogP contribution < -0.4 is 11.5 Å². The third-order valence-corrected chi connectivity index (χ3v) is 3.97. The zero-order chi connectivity index (χ0) is 14.8. The predicted molar refractivity (Wildman–Crippen MR) is 83.6 cm³/mol. The van der Waals surface area contributed by atoms with E-state index in [4.69, 9.17) is 11.5 Å². The molecule has 0 spiro atoms. The highest BCUT2D eigenvalue weighted by Crippen LogP contribution is 2.22. The molecule has 0 aliphatic carbocycles. The summed E-state index contributed by atoms with van der Waals surface area (Å²) in [7, 11) is 0. The number of fused-ring (bicyclic) bond motifs is 1. The Morgan fingerprint density at radius 2 is 1.86 bits per heavy atom. The summed E-state index contributed by atoms with van der Waals surface area (Å²) < 4.78 is 0. The molecular formula is C17H19N3O. The zero-order valence-electron chi connectivity index (χ0n) is 11.9. The first kappa shape index (κ1) is 13.6. The fourth-order valence-corrected chi connectivity index (χ4v) is 2.80. The molecule has 0 atom stereocenters. The minimum absolute atomic E-state index is 0.385. The molecule has 0 radical (unpaired) electrons. The Bertz CT molecular complexity index is 664. The van der Waals surface area contributed by atoms with Gasteiger partial charge in [0.05, 0.1) is 0 Å². The lowest BCUT2D eigenvalue weighted by Crippen LogP contribution is -2.30. The first-order chi connectivity index (χ1) is 10.1. The Morgan fingerprint density at radius 1 is 1.10 bits per heavy atom. The lowest BCUT2D eigenvalue weighted by Gasteiger charge is -2.29. The summed E-state index contributed by atoms with van der Waals surface area (Å²) in [6, 6.07) is 13.7. The Morgan fingerprint density at radius 3 is 2.57 bits per heavy atom. The number of anilines is 1. The average Bonchev–Trinajstić information content (AvgIpc) is 2.47. The first-order valence-corrected chi connectivity index (χ1v) is 7.10. The van der Waals surface area contributed by atoms with E-state index >= 15 is 0 Å². The van der Waals surface area contributed by atoms with Gasteiger partial charge in [0.2, 0.25) is 5.91 Å². The van der Waals surface area contributed by atoms with Gasteiger partial charge in [-0.1, -0.05) is 18.2 Å². The summed E-state index contributed by atoms with van der Waals surface area (Å²) >= 11 is 0. The Hall–Kier alpha value is -2.33. The normalized spacial score (nSPS) is 14.7. The van der Waals surface area contributed by atoms with Crippen LogP contribution in [0, 0.1) is 0 Å². The van der Waals surface area contributed by atoms with Gasteiger partial charge >= 0.3 is 0 Å². The lowest BCUT2D eigenvalue weighted by molar-refractivity contribution is 0.100. The first-order valence-electron chi connectivity index (χ1n) is 7.10. The van der Waals surface area contributed by atoms with Crippen molar-refractivity contribution in [3.8, 4) is 0 Å². The average molecular weight is 281 g/mol. The fraction of sp³-hybridized carbons (Fsp3) is 0.235. The fourth-order valence-electron chi connectivity index (χ4n) is 2.80. The molecule has 0 aromatic heterocycles. The number of benzene rings is 2. The number of rotatable bonds is 3. The van der Waals surface area contributed by atoms with Crippen molar-refractivity contribution in [3.05, 3.63) is 64.7 Å². The van der Waals surface area contributed by atoms with Crippen molar-refractivity contribution in [3.63, 3.8) is 0 Å². The maximum absolute atomic E-state index is 11.1. The third-order valence-electron chi connectivity index (χ3n) is 3.97. The summed E-state index contributed by atoms with van der Waals surface area (Å²) in [5.74, 6) is -0.385. The van der Waals surface area contributed by atoms with Gasteiger partial charge in [-0.15, -0.1) is 0 Å². The van der Waals surface area contributed by atoms with Crippen LogP contribution in [0.15, 0.2) is 42.5 Å². The van der Waals surface area contributed by atoms with E-state index in [0.717, 1.165) is 31.7 Å². The summed E-state index contributed by atoms with van der Waals surface area (Å²) in [4.78, 5) is 13.5. The molecule has 21 heavy (non-hydrogen) atoms. The maximum atomic E-state index is 11.1. The van der Waals surface area contributed by atoms with E-state index in [1.807, 2.05) is 18.2 Å². The molecule has 4 N–H and O–H groups in total. The largest absolute Gasteiger partial charge is 0.399 e. The molecule has 1 aliphatic rings. The van der Waals surface area contributed by atoms with E-state index < -0.39 is 0 Å². The van der Waals surface area contributed by atoms with Crippen LogP contribution >= 0.6 is 0 Å². The number of nitrogen functional groups attached to an aromatic ring is 1. The molecule has 1 aliphatic heterocycles. The van der Waals surface area contributed by atoms with E-state index in [1.165, 1.54) is 16.7 Å². The second-order valence-electron chi connectivity index (χ2n) is 5.55. The number of carbonyl (C=O) groups excluding carboxylic acids is 1. The Balaban J connectivity index is 1.70. The predicted octanol–water partition coefficient (Wildman–Crippen LogP) is 1.93. The molecule has 4 nitrogen and oxygen atoms in total. The highest BCUT2D eigenvalue weighted by molar-refractivity contribution is 5.92. The molecule has 108 valence electrons. The van der Waals surface area contributed by atoms with Gasteiger partial charge in [0.25, 0.3) is 0 Å². The summed E-state index contributed by atoms with van der Waals surface area (Å²) in [5.41, 5.74) is 16.4. The van der Waals surface area contributed by atoms with Gasteiger partial charge in [0.1, 0.15) is 0 Å². The number of nitrogens with zero attached hydrogens (tertiary/aromatic N) is 1. The van der Waals surface area contributed by atoms with Gasteiger partial charge < -0.3 is 11.5 Å². The van der Waals surface area contributed by atoms with Crippen molar-refractivity contribution in [1.29, 1.82) is 0 Å². The topological polar surface area (TPSA) is 72.4 Å². The molecule has 1 amide bonds. The minimum atomic E-state index is -0.385. The van der Waals surface area contributed by atoms with Crippen LogP contribution in [0.5, 0.6) is 0 Å². The van der Waals surface area contributed by atoms with Gasteiger partial charge in [-0.05, 0) is 47.4 Å². The van der Waals surface area contributed by atoms with Crippen LogP contribution in [0.1, 0.15) is 27.0 Å². The quantitative estimate of drug-likeness (QED) is 0.844. The van der Waals surface area contributed by atoms with Gasteiger partial charge in [0, 0.05) is 30.9 Å².